The molecule has 1 aromatic rings. The van der Waals surface area contributed by atoms with Crippen molar-refractivity contribution >= 4 is 29.1 Å². The third kappa shape index (κ3) is 2.54. The summed E-state index contributed by atoms with van der Waals surface area (Å²) >= 11 is 6.17. The maximum Gasteiger partial charge on any atom is 0.375 e. The van der Waals surface area contributed by atoms with E-state index < -0.39 is 23.5 Å². The van der Waals surface area contributed by atoms with Crippen molar-refractivity contribution in [1.82, 2.24) is 0 Å². The largest absolute Gasteiger partial charge is 0.493 e. The topological polar surface area (TPSA) is 78.9 Å². The van der Waals surface area contributed by atoms with Crippen LogP contribution in [0.5, 0.6) is 11.5 Å². The van der Waals surface area contributed by atoms with Crippen molar-refractivity contribution < 1.29 is 28.6 Å². The number of hydrogen-bond acceptors (Lipinski definition) is 6. The highest BCUT2D eigenvalue weighted by Gasteiger charge is 2.40. The summed E-state index contributed by atoms with van der Waals surface area (Å²) in [6.45, 7) is 0. The van der Waals surface area contributed by atoms with Crippen molar-refractivity contribution in [2.24, 2.45) is 5.92 Å². The number of rotatable bonds is 4. The van der Waals surface area contributed by atoms with E-state index in [9.17, 15) is 14.4 Å². The normalized spacial score (nSPS) is 16.7. The number of carbonyl (C=O) groups is 3. The molecule has 2 rings (SSSR count). The second-order valence-electron chi connectivity index (χ2n) is 4.76. The van der Waals surface area contributed by atoms with E-state index in [1.165, 1.54) is 14.2 Å². The van der Waals surface area contributed by atoms with Crippen LogP contribution in [0, 0.1) is 5.92 Å². The summed E-state index contributed by atoms with van der Waals surface area (Å²) in [4.78, 5) is 36.1. The second-order valence-corrected chi connectivity index (χ2v) is 5.17. The minimum atomic E-state index is -1.09. The molecule has 0 radical (unpaired) electrons. The summed E-state index contributed by atoms with van der Waals surface area (Å²) in [5.41, 5.74) is 0.790. The van der Waals surface area contributed by atoms with E-state index in [2.05, 4.69) is 4.74 Å². The number of esters is 1. The van der Waals surface area contributed by atoms with Gasteiger partial charge in [-0.1, -0.05) is 11.6 Å². The van der Waals surface area contributed by atoms with Gasteiger partial charge in [0.15, 0.2) is 17.3 Å². The van der Waals surface area contributed by atoms with Crippen LogP contribution >= 0.6 is 11.6 Å². The SMILES string of the molecule is COC(=O)C(=O)[C@H]1CCc2c(Cl)cc(OC)c(OC)c2C1=O. The van der Waals surface area contributed by atoms with Gasteiger partial charge in [0.1, 0.15) is 0 Å². The fourth-order valence-electron chi connectivity index (χ4n) is 2.59. The standard InChI is InChI=1S/C15H15ClO6/c1-20-10-6-9(16)7-4-5-8(13(18)15(19)22-3)12(17)11(7)14(10)21-2/h6,8H,4-5H2,1-3H3/t8-/m0/s1. The smallest absolute Gasteiger partial charge is 0.375 e. The molecule has 6 nitrogen and oxygen atoms in total. The minimum absolute atomic E-state index is 0.195. The third-order valence-electron chi connectivity index (χ3n) is 3.67. The van der Waals surface area contributed by atoms with Gasteiger partial charge >= 0.3 is 5.97 Å². The molecule has 1 aromatic carbocycles. The maximum atomic E-state index is 12.7. The van der Waals surface area contributed by atoms with Gasteiger partial charge in [-0.05, 0) is 18.4 Å². The molecular weight excluding hydrogens is 312 g/mol. The van der Waals surface area contributed by atoms with Gasteiger partial charge in [0.25, 0.3) is 5.78 Å². The Morgan fingerprint density at radius 3 is 2.45 bits per heavy atom. The number of hydrogen-bond donors (Lipinski definition) is 0. The zero-order valence-electron chi connectivity index (χ0n) is 12.4. The lowest BCUT2D eigenvalue weighted by molar-refractivity contribution is -0.153. The highest BCUT2D eigenvalue weighted by molar-refractivity contribution is 6.40. The Bertz CT molecular complexity index is 652. The van der Waals surface area contributed by atoms with Gasteiger partial charge in [-0.3, -0.25) is 9.59 Å². The molecule has 7 heteroatoms. The molecule has 1 aliphatic carbocycles. The summed E-state index contributed by atoms with van der Waals surface area (Å²) in [6, 6.07) is 1.56. The zero-order chi connectivity index (χ0) is 16.4. The fraction of sp³-hybridized carbons (Fsp3) is 0.400. The van der Waals surface area contributed by atoms with Crippen molar-refractivity contribution in [2.45, 2.75) is 12.8 Å². The Hall–Kier alpha value is -2.08. The number of methoxy groups -OCH3 is 3. The number of carbonyl (C=O) groups excluding carboxylic acids is 3. The Morgan fingerprint density at radius 1 is 1.23 bits per heavy atom. The van der Waals surface area contributed by atoms with Gasteiger partial charge in [-0.2, -0.15) is 0 Å². The van der Waals surface area contributed by atoms with Gasteiger partial charge in [-0.15, -0.1) is 0 Å². The average Bonchev–Trinajstić information content (AvgIpc) is 2.53. The number of fused-ring (bicyclic) bond motifs is 1. The minimum Gasteiger partial charge on any atom is -0.493 e. The van der Waals surface area contributed by atoms with Crippen LogP contribution in [0.15, 0.2) is 6.07 Å². The van der Waals surface area contributed by atoms with Crippen LogP contribution < -0.4 is 9.47 Å². The molecule has 118 valence electrons. The lowest BCUT2D eigenvalue weighted by Crippen LogP contribution is -2.35. The number of ketones is 2. The predicted octanol–water partition coefficient (Wildman–Crippen LogP) is 1.84. The number of halogens is 1. The Morgan fingerprint density at radius 2 is 1.91 bits per heavy atom. The molecule has 0 fully saturated rings. The Labute approximate surface area is 132 Å². The fourth-order valence-corrected chi connectivity index (χ4v) is 2.88. The second kappa shape index (κ2) is 6.36. The molecule has 0 spiro atoms. The first-order chi connectivity index (χ1) is 10.5. The molecule has 1 aliphatic rings. The van der Waals surface area contributed by atoms with Crippen LogP contribution in [0.4, 0.5) is 0 Å². The number of ether oxygens (including phenoxy) is 3. The number of benzene rings is 1. The molecule has 0 aromatic heterocycles. The monoisotopic (exact) mass is 326 g/mol. The summed E-state index contributed by atoms with van der Waals surface area (Å²) in [5, 5.41) is 0.366. The first kappa shape index (κ1) is 16.3. The molecule has 0 bridgehead atoms. The van der Waals surface area contributed by atoms with E-state index in [4.69, 9.17) is 21.1 Å². The van der Waals surface area contributed by atoms with Crippen molar-refractivity contribution in [3.8, 4) is 11.5 Å². The number of Topliss-reactive ketones (excluding diaryl/α,β-unsaturated/α-hetero) is 2. The molecule has 0 amide bonds. The summed E-state index contributed by atoms with van der Waals surface area (Å²) < 4.78 is 14.8. The molecule has 0 saturated heterocycles. The third-order valence-corrected chi connectivity index (χ3v) is 4.01. The van der Waals surface area contributed by atoms with E-state index in [1.54, 1.807) is 6.07 Å². The molecule has 22 heavy (non-hydrogen) atoms. The molecular formula is C15H15ClO6. The molecule has 1 atom stereocenters. The highest BCUT2D eigenvalue weighted by Crippen LogP contribution is 2.43. The van der Waals surface area contributed by atoms with Gasteiger partial charge in [0.05, 0.1) is 32.8 Å². The van der Waals surface area contributed by atoms with E-state index in [-0.39, 0.29) is 17.7 Å². The van der Waals surface area contributed by atoms with E-state index in [0.29, 0.717) is 22.8 Å². The first-order valence-electron chi connectivity index (χ1n) is 6.55. The van der Waals surface area contributed by atoms with Crippen molar-refractivity contribution in [1.29, 1.82) is 0 Å². The van der Waals surface area contributed by atoms with Gasteiger partial charge in [-0.25, -0.2) is 4.79 Å². The first-order valence-corrected chi connectivity index (χ1v) is 6.93. The van der Waals surface area contributed by atoms with E-state index >= 15 is 0 Å². The van der Waals surface area contributed by atoms with Gasteiger partial charge < -0.3 is 14.2 Å². The lowest BCUT2D eigenvalue weighted by Gasteiger charge is -2.25. The van der Waals surface area contributed by atoms with Crippen LogP contribution in [0.25, 0.3) is 0 Å². The Kier molecular flexibility index (Phi) is 4.71. The van der Waals surface area contributed by atoms with Gasteiger partial charge in [0.2, 0.25) is 0 Å². The average molecular weight is 327 g/mol. The quantitative estimate of drug-likeness (QED) is 0.477. The van der Waals surface area contributed by atoms with Crippen molar-refractivity contribution in [3.05, 3.63) is 22.2 Å². The van der Waals surface area contributed by atoms with Crippen LogP contribution in [-0.4, -0.2) is 38.9 Å². The van der Waals surface area contributed by atoms with E-state index in [0.717, 1.165) is 7.11 Å². The predicted molar refractivity (Wildman–Crippen MR) is 77.7 cm³/mol. The summed E-state index contributed by atoms with van der Waals surface area (Å²) in [7, 11) is 3.91. The van der Waals surface area contributed by atoms with Crippen LogP contribution in [0.3, 0.4) is 0 Å². The van der Waals surface area contributed by atoms with Crippen molar-refractivity contribution in [3.63, 3.8) is 0 Å². The zero-order valence-corrected chi connectivity index (χ0v) is 13.2. The molecule has 0 saturated carbocycles. The Balaban J connectivity index is 2.55. The maximum absolute atomic E-state index is 12.7. The molecule has 0 aliphatic heterocycles. The van der Waals surface area contributed by atoms with Crippen LogP contribution in [0.2, 0.25) is 5.02 Å². The van der Waals surface area contributed by atoms with Crippen LogP contribution in [0.1, 0.15) is 22.3 Å². The van der Waals surface area contributed by atoms with Gasteiger partial charge in [0, 0.05) is 11.1 Å². The van der Waals surface area contributed by atoms with Crippen molar-refractivity contribution in [2.75, 3.05) is 21.3 Å². The molecule has 0 N–H and O–H groups in total. The lowest BCUT2D eigenvalue weighted by atomic mass is 9.80. The molecule has 0 heterocycles. The highest BCUT2D eigenvalue weighted by atomic mass is 35.5. The summed E-state index contributed by atoms with van der Waals surface area (Å²) in [5.74, 6) is -2.97. The summed E-state index contributed by atoms with van der Waals surface area (Å²) in [6.07, 6.45) is 0.586. The van der Waals surface area contributed by atoms with E-state index in [1.807, 2.05) is 0 Å². The molecule has 0 unspecified atom stereocenters. The van der Waals surface area contributed by atoms with Crippen LogP contribution in [-0.2, 0) is 20.7 Å².